The van der Waals surface area contributed by atoms with Gasteiger partial charge in [0, 0.05) is 31.6 Å². The molecule has 2 heterocycles. The predicted octanol–water partition coefficient (Wildman–Crippen LogP) is 5.39. The highest BCUT2D eigenvalue weighted by Gasteiger charge is 2.27. The third-order valence-electron chi connectivity index (χ3n) is 6.50. The number of carbonyl (C=O) groups excluding carboxylic acids is 1. The van der Waals surface area contributed by atoms with Crippen molar-refractivity contribution in [2.24, 2.45) is 4.99 Å². The Kier molecular flexibility index (Phi) is 8.75. The van der Waals surface area contributed by atoms with Crippen LogP contribution in [0.1, 0.15) is 21.5 Å². The monoisotopic (exact) mass is 637 g/mol. The number of phenols is 1. The summed E-state index contributed by atoms with van der Waals surface area (Å²) in [6.45, 7) is 0.993. The molecule has 2 N–H and O–H groups in total. The first-order valence-corrected chi connectivity index (χ1v) is 14.4. The molecule has 1 aliphatic heterocycles. The summed E-state index contributed by atoms with van der Waals surface area (Å²) in [5.41, 5.74) is 0.449. The van der Waals surface area contributed by atoms with Crippen molar-refractivity contribution in [2.75, 3.05) is 27.2 Å². The summed E-state index contributed by atoms with van der Waals surface area (Å²) in [6.07, 6.45) is 0.681. The number of carbonyl (C=O) groups is 1. The van der Waals surface area contributed by atoms with E-state index in [0.29, 0.717) is 25.1 Å². The number of nitriles is 1. The van der Waals surface area contributed by atoms with Gasteiger partial charge < -0.3 is 24.8 Å². The molecule has 0 bridgehead atoms. The molecular formula is C30H22ClF2N5O5S. The first-order chi connectivity index (χ1) is 21.1. The van der Waals surface area contributed by atoms with Crippen molar-refractivity contribution < 1.29 is 32.4 Å². The lowest BCUT2D eigenvalue weighted by Crippen LogP contribution is -2.24. The highest BCUT2D eigenvalue weighted by Crippen LogP contribution is 2.38. The number of benzene rings is 3. The molecule has 3 aromatic carbocycles. The van der Waals surface area contributed by atoms with E-state index in [9.17, 15) is 18.5 Å². The number of hydrogen-bond acceptors (Lipinski definition) is 9. The van der Waals surface area contributed by atoms with Crippen molar-refractivity contribution in [1.82, 2.24) is 15.2 Å². The fourth-order valence-corrected chi connectivity index (χ4v) is 5.90. The van der Waals surface area contributed by atoms with Crippen LogP contribution in [0.15, 0.2) is 75.6 Å². The molecule has 1 unspecified atom stereocenters. The molecule has 1 aromatic heterocycles. The van der Waals surface area contributed by atoms with Gasteiger partial charge in [0.05, 0.1) is 56.2 Å². The predicted molar refractivity (Wildman–Crippen MR) is 157 cm³/mol. The summed E-state index contributed by atoms with van der Waals surface area (Å²) in [5, 5.41) is 21.8. The number of nitrogens with zero attached hydrogens (tertiary/aromatic N) is 4. The Balaban J connectivity index is 1.56. The molecule has 4 aromatic rings. The van der Waals surface area contributed by atoms with E-state index in [1.54, 1.807) is 18.0 Å². The number of aromatic hydroxyl groups is 1. The highest BCUT2D eigenvalue weighted by molar-refractivity contribution is 7.85. The Labute approximate surface area is 257 Å². The van der Waals surface area contributed by atoms with E-state index in [4.69, 9.17) is 26.3 Å². The maximum atomic E-state index is 15.6. The van der Waals surface area contributed by atoms with Crippen LogP contribution in [0.2, 0.25) is 5.02 Å². The van der Waals surface area contributed by atoms with Crippen LogP contribution in [0.25, 0.3) is 0 Å². The van der Waals surface area contributed by atoms with Crippen molar-refractivity contribution in [3.8, 4) is 34.9 Å². The second kappa shape index (κ2) is 12.7. The fraction of sp³-hybridized carbons (Fsp3) is 0.133. The van der Waals surface area contributed by atoms with Crippen molar-refractivity contribution in [3.63, 3.8) is 0 Å². The molecule has 0 radical (unpaired) electrons. The van der Waals surface area contributed by atoms with Crippen LogP contribution in [0.3, 0.4) is 0 Å². The van der Waals surface area contributed by atoms with Gasteiger partial charge in [-0.3, -0.25) is 9.79 Å². The second-order valence-corrected chi connectivity index (χ2v) is 11.2. The quantitative estimate of drug-likeness (QED) is 0.262. The first-order valence-electron chi connectivity index (χ1n) is 12.9. The molecule has 0 saturated heterocycles. The van der Waals surface area contributed by atoms with Gasteiger partial charge in [-0.05, 0) is 42.5 Å². The summed E-state index contributed by atoms with van der Waals surface area (Å²) in [7, 11) is 1.29. The number of aromatic nitrogens is 1. The SMILES string of the molecule is CNC(=O)c1c(Cl)cccc1S(=O)c1ccc(Oc2c(F)cnc(Oc3cc(C#N)ccc3O)c2F)c(C2=NCCN2C)c1. The van der Waals surface area contributed by atoms with Crippen LogP contribution >= 0.6 is 11.6 Å². The third kappa shape index (κ3) is 5.90. The highest BCUT2D eigenvalue weighted by atomic mass is 35.5. The van der Waals surface area contributed by atoms with E-state index >= 15 is 4.39 Å². The normalized spacial score (nSPS) is 13.2. The van der Waals surface area contributed by atoms with Crippen LogP contribution in [-0.2, 0) is 10.8 Å². The lowest BCUT2D eigenvalue weighted by molar-refractivity contribution is 0.0960. The van der Waals surface area contributed by atoms with Crippen molar-refractivity contribution >= 4 is 34.1 Å². The fourth-order valence-electron chi connectivity index (χ4n) is 4.32. The molecule has 0 spiro atoms. The average Bonchev–Trinajstić information content (AvgIpc) is 3.46. The van der Waals surface area contributed by atoms with Gasteiger partial charge in [0.25, 0.3) is 11.8 Å². The van der Waals surface area contributed by atoms with E-state index in [1.807, 2.05) is 6.07 Å². The number of phenolic OH excluding ortho intramolecular Hbond substituents is 1. The first kappa shape index (κ1) is 30.4. The Morgan fingerprint density at radius 1 is 1.16 bits per heavy atom. The van der Waals surface area contributed by atoms with Gasteiger partial charge in [0.15, 0.2) is 17.3 Å². The molecule has 14 heteroatoms. The number of aliphatic imine (C=N–C) groups is 1. The minimum atomic E-state index is -1.91. The van der Waals surface area contributed by atoms with Gasteiger partial charge >= 0.3 is 0 Å². The number of amidine groups is 1. The van der Waals surface area contributed by atoms with Crippen molar-refractivity contribution in [3.05, 3.63) is 94.1 Å². The third-order valence-corrected chi connectivity index (χ3v) is 8.24. The van der Waals surface area contributed by atoms with Gasteiger partial charge in [-0.2, -0.15) is 9.65 Å². The van der Waals surface area contributed by atoms with E-state index in [-0.39, 0.29) is 43.0 Å². The minimum Gasteiger partial charge on any atom is -0.504 e. The lowest BCUT2D eigenvalue weighted by atomic mass is 10.1. The number of ether oxygens (including phenoxy) is 2. The number of hydrogen-bond donors (Lipinski definition) is 2. The number of nitrogens with one attached hydrogen (secondary N) is 1. The molecule has 1 amide bonds. The molecule has 5 rings (SSSR count). The summed E-state index contributed by atoms with van der Waals surface area (Å²) in [5.74, 6) is -4.86. The molecule has 0 saturated carbocycles. The summed E-state index contributed by atoms with van der Waals surface area (Å²) >= 11 is 6.27. The van der Waals surface area contributed by atoms with Crippen molar-refractivity contribution in [1.29, 1.82) is 5.26 Å². The van der Waals surface area contributed by atoms with Gasteiger partial charge in [-0.15, -0.1) is 0 Å². The van der Waals surface area contributed by atoms with Gasteiger partial charge in [-0.25, -0.2) is 13.6 Å². The average molecular weight is 638 g/mol. The lowest BCUT2D eigenvalue weighted by Gasteiger charge is -2.19. The van der Waals surface area contributed by atoms with E-state index in [0.717, 1.165) is 0 Å². The maximum absolute atomic E-state index is 15.6. The number of rotatable bonds is 8. The zero-order chi connectivity index (χ0) is 31.5. The zero-order valence-electron chi connectivity index (χ0n) is 23.1. The number of halogens is 3. The molecular weight excluding hydrogens is 616 g/mol. The number of pyridine rings is 1. The summed E-state index contributed by atoms with van der Waals surface area (Å²) in [6, 6.07) is 14.5. The van der Waals surface area contributed by atoms with Gasteiger partial charge in [0.2, 0.25) is 11.6 Å². The van der Waals surface area contributed by atoms with Crippen LogP contribution in [-0.4, -0.2) is 58.1 Å². The number of amides is 1. The molecule has 1 atom stereocenters. The standard InChI is InChI=1S/C30H22ClF2N5O5S/c1-35-29(40)25-19(31)4-3-5-24(25)44(41)17-7-9-22(18(13-17)28-36-10-11-38(28)2)42-27-20(32)15-37-30(26(27)33)43-23-12-16(14-34)6-8-21(23)39/h3-9,12-13,15,39H,10-11H2,1-2H3,(H,35,40). The van der Waals surface area contributed by atoms with Crippen LogP contribution in [0.5, 0.6) is 28.9 Å². The molecule has 1 aliphatic rings. The maximum Gasteiger partial charge on any atom is 0.260 e. The topological polar surface area (TPSA) is 137 Å². The van der Waals surface area contributed by atoms with Crippen LogP contribution < -0.4 is 14.8 Å². The van der Waals surface area contributed by atoms with Gasteiger partial charge in [0.1, 0.15) is 11.6 Å². The zero-order valence-corrected chi connectivity index (χ0v) is 24.7. The van der Waals surface area contributed by atoms with E-state index in [2.05, 4.69) is 15.3 Å². The molecule has 0 fully saturated rings. The largest absolute Gasteiger partial charge is 0.504 e. The van der Waals surface area contributed by atoms with E-state index < -0.39 is 45.7 Å². The Morgan fingerprint density at radius 2 is 1.95 bits per heavy atom. The van der Waals surface area contributed by atoms with Gasteiger partial charge in [-0.1, -0.05) is 17.7 Å². The van der Waals surface area contributed by atoms with Crippen molar-refractivity contribution in [2.45, 2.75) is 9.79 Å². The number of likely N-dealkylation sites (N-methyl/N-ethyl adjacent to an activating group) is 1. The summed E-state index contributed by atoms with van der Waals surface area (Å²) < 4.78 is 55.4. The smallest absolute Gasteiger partial charge is 0.260 e. The Bertz CT molecular complexity index is 1900. The summed E-state index contributed by atoms with van der Waals surface area (Å²) in [4.78, 5) is 22.8. The molecule has 44 heavy (non-hydrogen) atoms. The van der Waals surface area contributed by atoms with Crippen LogP contribution in [0.4, 0.5) is 8.78 Å². The second-order valence-electron chi connectivity index (χ2n) is 9.30. The molecule has 224 valence electrons. The minimum absolute atomic E-state index is 0.0276. The van der Waals surface area contributed by atoms with Crippen LogP contribution in [0, 0.1) is 23.0 Å². The Hall–Kier alpha value is -5.06. The van der Waals surface area contributed by atoms with E-state index in [1.165, 1.54) is 55.6 Å². The molecule has 0 aliphatic carbocycles. The molecule has 10 nitrogen and oxygen atoms in total. The Morgan fingerprint density at radius 3 is 2.66 bits per heavy atom.